The molecule has 1 aromatic carbocycles. The van der Waals surface area contributed by atoms with E-state index in [1.165, 1.54) is 6.08 Å². The molecule has 0 unspecified atom stereocenters. The lowest BCUT2D eigenvalue weighted by Crippen LogP contribution is -2.25. The van der Waals surface area contributed by atoms with E-state index >= 15 is 0 Å². The number of carbonyl (C=O) groups excluding carboxylic acids is 2. The van der Waals surface area contributed by atoms with E-state index < -0.39 is 29.1 Å². The summed E-state index contributed by atoms with van der Waals surface area (Å²) < 4.78 is 46.0. The molecular formula is C17H15F3N4O4. The van der Waals surface area contributed by atoms with Crippen molar-refractivity contribution in [2.45, 2.75) is 38.9 Å². The van der Waals surface area contributed by atoms with Gasteiger partial charge >= 0.3 is 17.8 Å². The third kappa shape index (κ3) is 3.87. The number of aromatic nitrogens is 4. The van der Waals surface area contributed by atoms with Crippen molar-refractivity contribution >= 4 is 11.8 Å². The highest BCUT2D eigenvalue weighted by Crippen LogP contribution is 2.32. The first-order valence-corrected chi connectivity index (χ1v) is 8.40. The molecule has 0 radical (unpaired) electrons. The van der Waals surface area contributed by atoms with Crippen LogP contribution in [0, 0.1) is 0 Å². The fourth-order valence-electron chi connectivity index (χ4n) is 2.69. The minimum Gasteiger partial charge on any atom is -0.427 e. The highest BCUT2D eigenvalue weighted by Gasteiger charge is 2.33. The van der Waals surface area contributed by atoms with Crippen LogP contribution in [0.15, 0.2) is 34.8 Å². The number of rotatable bonds is 4. The van der Waals surface area contributed by atoms with Gasteiger partial charge in [0, 0.05) is 25.5 Å². The van der Waals surface area contributed by atoms with Crippen molar-refractivity contribution in [3.8, 4) is 5.69 Å². The number of tetrazole rings is 1. The second-order valence-electron chi connectivity index (χ2n) is 6.04. The first kappa shape index (κ1) is 19.5. The SMILES string of the molecule is CCn1nnn(-c2cc(C(F)(F)F)ccc2C(=O)OC2=CC(=O)CCC2)c1=O. The van der Waals surface area contributed by atoms with Crippen LogP contribution < -0.4 is 5.69 Å². The molecule has 148 valence electrons. The molecule has 0 aliphatic heterocycles. The largest absolute Gasteiger partial charge is 0.427 e. The van der Waals surface area contributed by atoms with Gasteiger partial charge in [0.05, 0.1) is 16.8 Å². The molecule has 2 aromatic rings. The van der Waals surface area contributed by atoms with E-state index in [1.807, 2.05) is 0 Å². The maximum absolute atomic E-state index is 13.1. The molecule has 0 saturated heterocycles. The summed E-state index contributed by atoms with van der Waals surface area (Å²) in [6, 6.07) is 2.24. The maximum atomic E-state index is 13.1. The molecule has 1 aromatic heterocycles. The second-order valence-corrected chi connectivity index (χ2v) is 6.04. The molecule has 0 spiro atoms. The topological polar surface area (TPSA) is 96.1 Å². The summed E-state index contributed by atoms with van der Waals surface area (Å²) in [4.78, 5) is 36.3. The average molecular weight is 396 g/mol. The fourth-order valence-corrected chi connectivity index (χ4v) is 2.69. The number of hydrogen-bond acceptors (Lipinski definition) is 6. The van der Waals surface area contributed by atoms with Crippen LogP contribution in [0.2, 0.25) is 0 Å². The molecule has 0 bridgehead atoms. The molecule has 1 heterocycles. The van der Waals surface area contributed by atoms with Crippen molar-refractivity contribution in [1.82, 2.24) is 19.8 Å². The number of aryl methyl sites for hydroxylation is 1. The third-order valence-electron chi connectivity index (χ3n) is 4.10. The number of ketones is 1. The first-order chi connectivity index (χ1) is 13.2. The van der Waals surface area contributed by atoms with E-state index in [1.54, 1.807) is 6.92 Å². The Bertz CT molecular complexity index is 1020. The van der Waals surface area contributed by atoms with E-state index in [0.717, 1.165) is 10.7 Å². The Morgan fingerprint density at radius 3 is 2.57 bits per heavy atom. The number of hydrogen-bond donors (Lipinski definition) is 0. The third-order valence-corrected chi connectivity index (χ3v) is 4.10. The smallest absolute Gasteiger partial charge is 0.416 e. The number of ether oxygens (including phenoxy) is 1. The van der Waals surface area contributed by atoms with Gasteiger partial charge in [-0.25, -0.2) is 9.59 Å². The standard InChI is InChI=1S/C17H15F3N4O4/c1-2-23-16(27)24(22-21-23)14-8-10(17(18,19)20)6-7-13(14)15(26)28-12-5-3-4-11(25)9-12/h6-9H,2-5H2,1H3. The number of nitrogens with zero attached hydrogens (tertiary/aromatic N) is 4. The number of halogens is 3. The number of allylic oxidation sites excluding steroid dienone is 2. The summed E-state index contributed by atoms with van der Waals surface area (Å²) in [6.07, 6.45) is -2.33. The van der Waals surface area contributed by atoms with Gasteiger partial charge in [-0.2, -0.15) is 22.5 Å². The number of esters is 1. The van der Waals surface area contributed by atoms with Gasteiger partial charge in [0.25, 0.3) is 0 Å². The van der Waals surface area contributed by atoms with Crippen LogP contribution in [0.25, 0.3) is 5.69 Å². The summed E-state index contributed by atoms with van der Waals surface area (Å²) in [5, 5.41) is 7.11. The molecule has 0 amide bonds. The Labute approximate surface area is 156 Å². The van der Waals surface area contributed by atoms with Crippen LogP contribution in [0.4, 0.5) is 13.2 Å². The van der Waals surface area contributed by atoms with E-state index in [9.17, 15) is 27.6 Å². The minimum absolute atomic E-state index is 0.122. The summed E-state index contributed by atoms with van der Waals surface area (Å²) in [6.45, 7) is 1.75. The van der Waals surface area contributed by atoms with Gasteiger partial charge < -0.3 is 4.74 Å². The maximum Gasteiger partial charge on any atom is 0.416 e. The zero-order valence-corrected chi connectivity index (χ0v) is 14.7. The highest BCUT2D eigenvalue weighted by molar-refractivity contribution is 5.95. The molecular weight excluding hydrogens is 381 g/mol. The Kier molecular flexibility index (Phi) is 5.16. The molecule has 0 fully saturated rings. The normalized spacial score (nSPS) is 14.7. The predicted molar refractivity (Wildman–Crippen MR) is 88.7 cm³/mol. The van der Waals surface area contributed by atoms with Crippen LogP contribution in [-0.2, 0) is 22.3 Å². The lowest BCUT2D eigenvalue weighted by molar-refractivity contribution is -0.137. The minimum atomic E-state index is -4.69. The molecule has 28 heavy (non-hydrogen) atoms. The van der Waals surface area contributed by atoms with Gasteiger partial charge in [-0.1, -0.05) is 0 Å². The molecule has 1 aliphatic carbocycles. The summed E-state index contributed by atoms with van der Waals surface area (Å²) >= 11 is 0. The number of carbonyl (C=O) groups is 2. The molecule has 0 saturated carbocycles. The van der Waals surface area contributed by atoms with Crippen LogP contribution in [0.5, 0.6) is 0 Å². The molecule has 1 aliphatic rings. The lowest BCUT2D eigenvalue weighted by Gasteiger charge is -2.15. The van der Waals surface area contributed by atoms with Crippen molar-refractivity contribution in [3.05, 3.63) is 51.6 Å². The van der Waals surface area contributed by atoms with Gasteiger partial charge in [0.2, 0.25) is 0 Å². The Morgan fingerprint density at radius 1 is 1.21 bits per heavy atom. The number of alkyl halides is 3. The predicted octanol–water partition coefficient (Wildman–Crippen LogP) is 2.26. The van der Waals surface area contributed by atoms with Crippen molar-refractivity contribution in [1.29, 1.82) is 0 Å². The van der Waals surface area contributed by atoms with Crippen molar-refractivity contribution < 1.29 is 27.5 Å². The summed E-state index contributed by atoms with van der Waals surface area (Å²) in [5.41, 5.74) is -2.59. The van der Waals surface area contributed by atoms with E-state index in [0.29, 0.717) is 36.1 Å². The average Bonchev–Trinajstić information content (AvgIpc) is 3.01. The first-order valence-electron chi connectivity index (χ1n) is 8.40. The fraction of sp³-hybridized carbons (Fsp3) is 0.353. The van der Waals surface area contributed by atoms with Crippen molar-refractivity contribution in [2.75, 3.05) is 0 Å². The van der Waals surface area contributed by atoms with Gasteiger partial charge in [-0.15, -0.1) is 0 Å². The summed E-state index contributed by atoms with van der Waals surface area (Å²) in [7, 11) is 0. The van der Waals surface area contributed by atoms with Crippen LogP contribution in [0.3, 0.4) is 0 Å². The van der Waals surface area contributed by atoms with Crippen LogP contribution in [0.1, 0.15) is 42.1 Å². The van der Waals surface area contributed by atoms with Crippen molar-refractivity contribution in [3.63, 3.8) is 0 Å². The number of benzene rings is 1. The highest BCUT2D eigenvalue weighted by atomic mass is 19.4. The van der Waals surface area contributed by atoms with Crippen LogP contribution >= 0.6 is 0 Å². The van der Waals surface area contributed by atoms with Gasteiger partial charge in [-0.05, 0) is 42.0 Å². The Hall–Kier alpha value is -3.24. The lowest BCUT2D eigenvalue weighted by atomic mass is 10.0. The molecule has 11 heteroatoms. The Balaban J connectivity index is 2.07. The van der Waals surface area contributed by atoms with E-state index in [4.69, 9.17) is 4.74 Å². The van der Waals surface area contributed by atoms with Gasteiger partial charge in [0.1, 0.15) is 5.76 Å². The van der Waals surface area contributed by atoms with Crippen LogP contribution in [-0.4, -0.2) is 31.5 Å². The molecule has 0 atom stereocenters. The Morgan fingerprint density at radius 2 is 1.96 bits per heavy atom. The zero-order chi connectivity index (χ0) is 20.5. The van der Waals surface area contributed by atoms with Gasteiger partial charge in [-0.3, -0.25) is 4.79 Å². The second kappa shape index (κ2) is 7.41. The van der Waals surface area contributed by atoms with Crippen molar-refractivity contribution in [2.24, 2.45) is 0 Å². The van der Waals surface area contributed by atoms with Gasteiger partial charge in [0.15, 0.2) is 5.78 Å². The molecule has 8 nitrogen and oxygen atoms in total. The van der Waals surface area contributed by atoms with E-state index in [-0.39, 0.29) is 23.7 Å². The zero-order valence-electron chi connectivity index (χ0n) is 14.7. The van der Waals surface area contributed by atoms with E-state index in [2.05, 4.69) is 10.4 Å². The molecule has 0 N–H and O–H groups in total. The monoisotopic (exact) mass is 396 g/mol. The quantitative estimate of drug-likeness (QED) is 0.736. The molecule has 3 rings (SSSR count). The summed E-state index contributed by atoms with van der Waals surface area (Å²) in [5.74, 6) is -1.08.